The van der Waals surface area contributed by atoms with Crippen LogP contribution in [0.15, 0.2) is 0 Å². The van der Waals surface area contributed by atoms with Crippen LogP contribution in [0, 0.1) is 13.8 Å². The molecule has 0 bridgehead atoms. The van der Waals surface area contributed by atoms with Crippen LogP contribution in [0.2, 0.25) is 0 Å². The van der Waals surface area contributed by atoms with Gasteiger partial charge in [-0.05, 0) is 39.3 Å². The molecule has 1 aromatic rings. The molecule has 0 radical (unpaired) electrons. The van der Waals surface area contributed by atoms with Crippen LogP contribution in [0.3, 0.4) is 0 Å². The van der Waals surface area contributed by atoms with Gasteiger partial charge in [-0.2, -0.15) is 0 Å². The number of aromatic nitrogens is 2. The zero-order valence-electron chi connectivity index (χ0n) is 9.87. The monoisotopic (exact) mass is 209 g/mol. The Labute approximate surface area is 90.9 Å². The lowest BCUT2D eigenvalue weighted by Crippen LogP contribution is -2.12. The highest BCUT2D eigenvalue weighted by Crippen LogP contribution is 2.16. The van der Waals surface area contributed by atoms with Crippen LogP contribution in [0.25, 0.3) is 0 Å². The smallest absolute Gasteiger partial charge is 0.157 e. The highest BCUT2D eigenvalue weighted by molar-refractivity contribution is 5.25. The number of nitrogens with two attached hydrogens (primary N) is 1. The highest BCUT2D eigenvalue weighted by atomic mass is 16.5. The highest BCUT2D eigenvalue weighted by Gasteiger charge is 2.12. The Hall–Kier alpha value is -1.00. The van der Waals surface area contributed by atoms with Crippen molar-refractivity contribution in [3.8, 4) is 0 Å². The van der Waals surface area contributed by atoms with Gasteiger partial charge < -0.3 is 10.5 Å². The quantitative estimate of drug-likeness (QED) is 0.812. The van der Waals surface area contributed by atoms with Crippen LogP contribution >= 0.6 is 0 Å². The normalized spacial score (nSPS) is 12.9. The molecule has 1 heterocycles. The van der Waals surface area contributed by atoms with E-state index in [1.807, 2.05) is 20.8 Å². The summed E-state index contributed by atoms with van der Waals surface area (Å²) in [6.45, 7) is 6.55. The average Bonchev–Trinajstić information content (AvgIpc) is 2.22. The SMILES string of the molecule is COC(C)c1nc(C)c(CCN)c(C)n1. The van der Waals surface area contributed by atoms with Crippen LogP contribution < -0.4 is 5.73 Å². The molecule has 0 fully saturated rings. The molecule has 0 aliphatic rings. The molecular weight excluding hydrogens is 190 g/mol. The van der Waals surface area contributed by atoms with E-state index in [-0.39, 0.29) is 6.10 Å². The first-order chi connectivity index (χ1) is 7.10. The second-order valence-electron chi connectivity index (χ2n) is 3.65. The van der Waals surface area contributed by atoms with Crippen molar-refractivity contribution >= 4 is 0 Å². The van der Waals surface area contributed by atoms with E-state index in [1.54, 1.807) is 7.11 Å². The Morgan fingerprint density at radius 2 is 1.80 bits per heavy atom. The maximum atomic E-state index is 5.54. The lowest BCUT2D eigenvalue weighted by atomic mass is 10.1. The van der Waals surface area contributed by atoms with Crippen LogP contribution in [-0.2, 0) is 11.2 Å². The van der Waals surface area contributed by atoms with Crippen molar-refractivity contribution in [2.45, 2.75) is 33.3 Å². The molecule has 0 spiro atoms. The fourth-order valence-electron chi connectivity index (χ4n) is 1.56. The number of aryl methyl sites for hydroxylation is 2. The Morgan fingerprint density at radius 1 is 1.27 bits per heavy atom. The summed E-state index contributed by atoms with van der Waals surface area (Å²) in [7, 11) is 1.66. The summed E-state index contributed by atoms with van der Waals surface area (Å²) in [6, 6.07) is 0. The first kappa shape index (κ1) is 12.1. The van der Waals surface area contributed by atoms with Crippen molar-refractivity contribution in [3.05, 3.63) is 22.8 Å². The second kappa shape index (κ2) is 5.19. The van der Waals surface area contributed by atoms with Gasteiger partial charge in [0.15, 0.2) is 5.82 Å². The molecule has 0 aromatic carbocycles. The zero-order valence-corrected chi connectivity index (χ0v) is 9.87. The first-order valence-electron chi connectivity index (χ1n) is 5.17. The van der Waals surface area contributed by atoms with Gasteiger partial charge in [0, 0.05) is 18.5 Å². The Kier molecular flexibility index (Phi) is 4.17. The van der Waals surface area contributed by atoms with Gasteiger partial charge in [-0.3, -0.25) is 0 Å². The predicted octanol–water partition coefficient (Wildman–Crippen LogP) is 1.30. The summed E-state index contributed by atoms with van der Waals surface area (Å²) < 4.78 is 5.20. The number of hydrogen-bond acceptors (Lipinski definition) is 4. The molecule has 1 unspecified atom stereocenters. The van der Waals surface area contributed by atoms with Gasteiger partial charge >= 0.3 is 0 Å². The van der Waals surface area contributed by atoms with Gasteiger partial charge in [-0.1, -0.05) is 0 Å². The summed E-state index contributed by atoms with van der Waals surface area (Å²) in [4.78, 5) is 8.86. The zero-order chi connectivity index (χ0) is 11.4. The Morgan fingerprint density at radius 3 is 2.20 bits per heavy atom. The van der Waals surface area contributed by atoms with Crippen LogP contribution in [0.4, 0.5) is 0 Å². The van der Waals surface area contributed by atoms with Crippen molar-refractivity contribution in [1.82, 2.24) is 9.97 Å². The number of methoxy groups -OCH3 is 1. The van der Waals surface area contributed by atoms with E-state index in [0.717, 1.165) is 29.2 Å². The van der Waals surface area contributed by atoms with Crippen molar-refractivity contribution in [3.63, 3.8) is 0 Å². The topological polar surface area (TPSA) is 61.0 Å². The van der Waals surface area contributed by atoms with E-state index in [4.69, 9.17) is 10.5 Å². The molecule has 1 aromatic heterocycles. The molecule has 4 nitrogen and oxygen atoms in total. The van der Waals surface area contributed by atoms with Crippen molar-refractivity contribution in [2.24, 2.45) is 5.73 Å². The van der Waals surface area contributed by atoms with Crippen molar-refractivity contribution < 1.29 is 4.74 Å². The summed E-state index contributed by atoms with van der Waals surface area (Å²) in [5.41, 5.74) is 8.71. The Balaban J connectivity index is 3.07. The lowest BCUT2D eigenvalue weighted by molar-refractivity contribution is 0.111. The van der Waals surface area contributed by atoms with Gasteiger partial charge in [-0.25, -0.2) is 9.97 Å². The number of rotatable bonds is 4. The number of nitrogens with zero attached hydrogens (tertiary/aromatic N) is 2. The fourth-order valence-corrected chi connectivity index (χ4v) is 1.56. The molecule has 0 aliphatic heterocycles. The van der Waals surface area contributed by atoms with Gasteiger partial charge in [0.1, 0.15) is 6.10 Å². The first-order valence-corrected chi connectivity index (χ1v) is 5.17. The minimum atomic E-state index is -0.0608. The average molecular weight is 209 g/mol. The van der Waals surface area contributed by atoms with E-state index in [1.165, 1.54) is 0 Å². The van der Waals surface area contributed by atoms with Crippen molar-refractivity contribution in [1.29, 1.82) is 0 Å². The third kappa shape index (κ3) is 2.73. The molecule has 15 heavy (non-hydrogen) atoms. The lowest BCUT2D eigenvalue weighted by Gasteiger charge is -2.13. The van der Waals surface area contributed by atoms with Gasteiger partial charge in [0.25, 0.3) is 0 Å². The maximum Gasteiger partial charge on any atom is 0.157 e. The van der Waals surface area contributed by atoms with Crippen molar-refractivity contribution in [2.75, 3.05) is 13.7 Å². The van der Waals surface area contributed by atoms with Crippen LogP contribution in [0.5, 0.6) is 0 Å². The van der Waals surface area contributed by atoms with E-state index < -0.39 is 0 Å². The van der Waals surface area contributed by atoms with Crippen LogP contribution in [0.1, 0.15) is 35.8 Å². The third-order valence-corrected chi connectivity index (χ3v) is 2.55. The predicted molar refractivity (Wildman–Crippen MR) is 59.7 cm³/mol. The van der Waals surface area contributed by atoms with Gasteiger partial charge in [-0.15, -0.1) is 0 Å². The summed E-state index contributed by atoms with van der Waals surface area (Å²) in [5, 5.41) is 0. The molecule has 1 rings (SSSR count). The van der Waals surface area contributed by atoms with Gasteiger partial charge in [0.2, 0.25) is 0 Å². The molecule has 2 N–H and O–H groups in total. The fraction of sp³-hybridized carbons (Fsp3) is 0.636. The van der Waals surface area contributed by atoms with Gasteiger partial charge in [0.05, 0.1) is 0 Å². The molecule has 0 saturated heterocycles. The van der Waals surface area contributed by atoms with E-state index in [0.29, 0.717) is 6.54 Å². The van der Waals surface area contributed by atoms with E-state index in [2.05, 4.69) is 9.97 Å². The van der Waals surface area contributed by atoms with Crippen LogP contribution in [-0.4, -0.2) is 23.6 Å². The summed E-state index contributed by atoms with van der Waals surface area (Å²) >= 11 is 0. The maximum absolute atomic E-state index is 5.54. The van der Waals surface area contributed by atoms with E-state index in [9.17, 15) is 0 Å². The molecule has 0 aliphatic carbocycles. The molecule has 0 amide bonds. The molecule has 84 valence electrons. The molecule has 4 heteroatoms. The molecule has 0 saturated carbocycles. The largest absolute Gasteiger partial charge is 0.374 e. The Bertz CT molecular complexity index is 316. The summed E-state index contributed by atoms with van der Waals surface area (Å²) in [6.07, 6.45) is 0.772. The second-order valence-corrected chi connectivity index (χ2v) is 3.65. The number of hydrogen-bond donors (Lipinski definition) is 1. The summed E-state index contributed by atoms with van der Waals surface area (Å²) in [5.74, 6) is 0.744. The standard InChI is InChI=1S/C11H19N3O/c1-7-10(5-6-12)8(2)14-11(13-7)9(3)15-4/h9H,5-6,12H2,1-4H3. The third-order valence-electron chi connectivity index (χ3n) is 2.55. The molecular formula is C11H19N3O. The minimum absolute atomic E-state index is 0.0608. The number of ether oxygens (including phenoxy) is 1. The van der Waals surface area contributed by atoms with E-state index >= 15 is 0 Å². The minimum Gasteiger partial charge on any atom is -0.374 e. The molecule has 1 atom stereocenters.